The van der Waals surface area contributed by atoms with Crippen molar-refractivity contribution < 1.29 is 20.2 Å². The minimum absolute atomic E-state index is 0.179. The van der Waals surface area contributed by atoms with Gasteiger partial charge in [-0.1, -0.05) is 0 Å². The summed E-state index contributed by atoms with van der Waals surface area (Å²) in [6.45, 7) is 1.57. The van der Waals surface area contributed by atoms with Crippen molar-refractivity contribution in [3.8, 4) is 0 Å². The van der Waals surface area contributed by atoms with Crippen molar-refractivity contribution in [1.82, 2.24) is 0 Å². The Morgan fingerprint density at radius 3 is 2.69 bits per heavy atom. The van der Waals surface area contributed by atoms with Crippen molar-refractivity contribution in [3.63, 3.8) is 0 Å². The third-order valence-corrected chi connectivity index (χ3v) is 2.81. The van der Waals surface area contributed by atoms with Gasteiger partial charge in [0.1, 0.15) is 18.7 Å². The summed E-state index contributed by atoms with van der Waals surface area (Å²) in [6.07, 6.45) is 2.72. The summed E-state index contributed by atoms with van der Waals surface area (Å²) >= 11 is 0. The lowest BCUT2D eigenvalue weighted by Gasteiger charge is -2.32. The van der Waals surface area contributed by atoms with Crippen LogP contribution in [0.15, 0.2) is 0 Å². The standard InChI is InChI=1S/C9H19NO3/c11-6-8-3-1-2-4-10(8)5-9(13)7-12/h8-9,11-13H,1-7H2/p+1/t8-,9+/m1/s1. The van der Waals surface area contributed by atoms with Gasteiger partial charge in [0.2, 0.25) is 0 Å². The second-order valence-corrected chi connectivity index (χ2v) is 3.82. The average molecular weight is 190 g/mol. The number of aliphatic hydroxyl groups is 3. The zero-order chi connectivity index (χ0) is 9.68. The Balaban J connectivity index is 2.35. The van der Waals surface area contributed by atoms with Crippen LogP contribution in [0.4, 0.5) is 0 Å². The van der Waals surface area contributed by atoms with Crippen LogP contribution in [0, 0.1) is 0 Å². The first-order chi connectivity index (χ1) is 6.27. The third kappa shape index (κ3) is 3.23. The van der Waals surface area contributed by atoms with Gasteiger partial charge in [0.25, 0.3) is 0 Å². The Morgan fingerprint density at radius 1 is 1.31 bits per heavy atom. The molecule has 1 aliphatic heterocycles. The van der Waals surface area contributed by atoms with Crippen molar-refractivity contribution in [2.24, 2.45) is 0 Å². The minimum atomic E-state index is -0.637. The number of hydrogen-bond acceptors (Lipinski definition) is 3. The topological polar surface area (TPSA) is 65.1 Å². The smallest absolute Gasteiger partial charge is 0.126 e. The number of hydrogen-bond donors (Lipinski definition) is 4. The van der Waals surface area contributed by atoms with Crippen LogP contribution >= 0.6 is 0 Å². The average Bonchev–Trinajstić information content (AvgIpc) is 2.18. The quantitative estimate of drug-likeness (QED) is 0.406. The van der Waals surface area contributed by atoms with Crippen molar-refractivity contribution in [1.29, 1.82) is 0 Å². The van der Waals surface area contributed by atoms with E-state index in [-0.39, 0.29) is 19.3 Å². The molecule has 1 heterocycles. The van der Waals surface area contributed by atoms with E-state index >= 15 is 0 Å². The van der Waals surface area contributed by atoms with Crippen LogP contribution in [0.1, 0.15) is 19.3 Å². The highest BCUT2D eigenvalue weighted by Gasteiger charge is 2.26. The molecule has 1 fully saturated rings. The molecule has 1 aliphatic rings. The normalized spacial score (nSPS) is 31.6. The molecule has 0 bridgehead atoms. The first-order valence-electron chi connectivity index (χ1n) is 5.02. The minimum Gasteiger partial charge on any atom is -0.393 e. The molecule has 1 rings (SSSR count). The van der Waals surface area contributed by atoms with E-state index in [1.807, 2.05) is 0 Å². The molecular weight excluding hydrogens is 170 g/mol. The number of nitrogens with one attached hydrogen (secondary N) is 1. The van der Waals surface area contributed by atoms with E-state index in [9.17, 15) is 5.11 Å². The van der Waals surface area contributed by atoms with Gasteiger partial charge in [-0.15, -0.1) is 0 Å². The predicted molar refractivity (Wildman–Crippen MR) is 48.5 cm³/mol. The van der Waals surface area contributed by atoms with E-state index in [0.29, 0.717) is 6.54 Å². The molecule has 4 heteroatoms. The van der Waals surface area contributed by atoms with Gasteiger partial charge in [0, 0.05) is 6.42 Å². The molecule has 4 N–H and O–H groups in total. The highest BCUT2D eigenvalue weighted by Crippen LogP contribution is 2.02. The zero-order valence-corrected chi connectivity index (χ0v) is 7.95. The summed E-state index contributed by atoms with van der Waals surface area (Å²) in [5, 5.41) is 27.1. The molecular formula is C9H20NO3+. The van der Waals surface area contributed by atoms with Crippen LogP contribution in [0.3, 0.4) is 0 Å². The van der Waals surface area contributed by atoms with E-state index < -0.39 is 6.10 Å². The molecule has 0 radical (unpaired) electrons. The maximum Gasteiger partial charge on any atom is 0.126 e. The van der Waals surface area contributed by atoms with Gasteiger partial charge in [-0.25, -0.2) is 0 Å². The first kappa shape index (κ1) is 10.9. The van der Waals surface area contributed by atoms with Crippen LogP contribution in [0.5, 0.6) is 0 Å². The molecule has 0 aliphatic carbocycles. The molecule has 0 aromatic carbocycles. The number of likely N-dealkylation sites (tertiary alicyclic amines) is 1. The maximum atomic E-state index is 9.27. The summed E-state index contributed by atoms with van der Waals surface area (Å²) in [4.78, 5) is 1.23. The van der Waals surface area contributed by atoms with Gasteiger partial charge in [0.15, 0.2) is 0 Å². The van der Waals surface area contributed by atoms with Crippen LogP contribution in [0.2, 0.25) is 0 Å². The molecule has 0 saturated carbocycles. The SMILES string of the molecule is OC[C@@H](O)C[NH+]1CCCC[C@@H]1CO. The van der Waals surface area contributed by atoms with Crippen LogP contribution in [0.25, 0.3) is 0 Å². The van der Waals surface area contributed by atoms with Gasteiger partial charge >= 0.3 is 0 Å². The van der Waals surface area contributed by atoms with E-state index in [4.69, 9.17) is 10.2 Å². The number of piperidine rings is 1. The third-order valence-electron chi connectivity index (χ3n) is 2.81. The van der Waals surface area contributed by atoms with Gasteiger partial charge in [0.05, 0.1) is 19.8 Å². The molecule has 4 nitrogen and oxygen atoms in total. The Bertz CT molecular complexity index is 143. The van der Waals surface area contributed by atoms with E-state index in [0.717, 1.165) is 19.4 Å². The van der Waals surface area contributed by atoms with Gasteiger partial charge in [-0.3, -0.25) is 0 Å². The molecule has 0 aromatic rings. The summed E-state index contributed by atoms with van der Waals surface area (Å²) in [5.41, 5.74) is 0. The van der Waals surface area contributed by atoms with Crippen molar-refractivity contribution in [2.75, 3.05) is 26.3 Å². The van der Waals surface area contributed by atoms with Gasteiger partial charge < -0.3 is 20.2 Å². The highest BCUT2D eigenvalue weighted by molar-refractivity contribution is 4.61. The second kappa shape index (κ2) is 5.54. The Hall–Kier alpha value is -0.160. The number of quaternary nitrogens is 1. The molecule has 3 atom stereocenters. The fraction of sp³-hybridized carbons (Fsp3) is 1.00. The lowest BCUT2D eigenvalue weighted by molar-refractivity contribution is -0.933. The largest absolute Gasteiger partial charge is 0.393 e. The molecule has 1 saturated heterocycles. The van der Waals surface area contributed by atoms with Crippen LogP contribution in [-0.4, -0.2) is 53.8 Å². The van der Waals surface area contributed by atoms with Crippen molar-refractivity contribution in [3.05, 3.63) is 0 Å². The van der Waals surface area contributed by atoms with E-state index in [2.05, 4.69) is 0 Å². The second-order valence-electron chi connectivity index (χ2n) is 3.82. The Morgan fingerprint density at radius 2 is 2.08 bits per heavy atom. The summed E-state index contributed by atoms with van der Waals surface area (Å²) < 4.78 is 0. The lowest BCUT2D eigenvalue weighted by atomic mass is 10.0. The molecule has 1 unspecified atom stereocenters. The summed E-state index contributed by atoms with van der Waals surface area (Å²) in [5.74, 6) is 0. The monoisotopic (exact) mass is 190 g/mol. The molecule has 13 heavy (non-hydrogen) atoms. The van der Waals surface area contributed by atoms with Crippen molar-refractivity contribution in [2.45, 2.75) is 31.4 Å². The summed E-state index contributed by atoms with van der Waals surface area (Å²) in [6, 6.07) is 0.259. The highest BCUT2D eigenvalue weighted by atomic mass is 16.3. The van der Waals surface area contributed by atoms with E-state index in [1.165, 1.54) is 11.3 Å². The van der Waals surface area contributed by atoms with Gasteiger partial charge in [-0.2, -0.15) is 0 Å². The Labute approximate surface area is 78.8 Å². The molecule has 0 spiro atoms. The van der Waals surface area contributed by atoms with E-state index in [1.54, 1.807) is 0 Å². The van der Waals surface area contributed by atoms with Crippen molar-refractivity contribution >= 4 is 0 Å². The van der Waals surface area contributed by atoms with Crippen LogP contribution in [-0.2, 0) is 0 Å². The van der Waals surface area contributed by atoms with Crippen LogP contribution < -0.4 is 4.90 Å². The Kier molecular flexibility index (Phi) is 4.66. The molecule has 0 amide bonds. The number of aliphatic hydroxyl groups excluding tert-OH is 3. The molecule has 78 valence electrons. The molecule has 0 aromatic heterocycles. The maximum absolute atomic E-state index is 9.27. The van der Waals surface area contributed by atoms with Gasteiger partial charge in [-0.05, 0) is 12.8 Å². The number of rotatable bonds is 4. The summed E-state index contributed by atoms with van der Waals surface area (Å²) in [7, 11) is 0. The lowest BCUT2D eigenvalue weighted by Crippen LogP contribution is -3.18. The fourth-order valence-electron chi connectivity index (χ4n) is 2.01. The zero-order valence-electron chi connectivity index (χ0n) is 7.95. The predicted octanol–water partition coefficient (Wildman–Crippen LogP) is -2.23. The first-order valence-corrected chi connectivity index (χ1v) is 5.02. The fourth-order valence-corrected chi connectivity index (χ4v) is 2.01.